The van der Waals surface area contributed by atoms with Crippen LogP contribution in [0.1, 0.15) is 68.2 Å². The first-order chi connectivity index (χ1) is 49.4. The first-order valence-electron chi connectivity index (χ1n) is 33.2. The SMILES string of the molecule is CNC(=O)[C@H](Cc1cccc(Cl)c1)NC(=O)C(NC(=O)C(Cc1ccc(Cl)cc1)N(C)C(=O)C(Cc1cccc(Cl)c1)NC(=O)[C@H](Cc1c[nH]c2ccccc12)NC(=O)NC(=O)N(C)C(=O)C(CCS(C)(=O)=O)NC(CCS(C)(=O)=O)NC(=O)C(C)NC(=O)C=CCC(O)N1CCC[C@H]1C(=O)O)[C@@H](C)O. The average molecular weight is 1560 g/mol. The Morgan fingerprint density at radius 1 is 0.638 bits per heavy atom. The van der Waals surface area contributed by atoms with Gasteiger partial charge in [-0.25, -0.2) is 26.4 Å². The van der Waals surface area contributed by atoms with E-state index in [2.05, 4.69) is 47.5 Å². The molecule has 36 heteroatoms. The zero-order valence-electron chi connectivity index (χ0n) is 58.6. The number of halogens is 3. The van der Waals surface area contributed by atoms with E-state index in [0.29, 0.717) is 67.5 Å². The molecule has 0 spiro atoms. The van der Waals surface area contributed by atoms with Crippen LogP contribution in [0, 0.1) is 0 Å². The number of nitrogens with zero attached hydrogens (tertiary/aromatic N) is 3. The number of carbonyl (C=O) groups excluding carboxylic acids is 10. The van der Waals surface area contributed by atoms with Crippen molar-refractivity contribution in [1.82, 2.24) is 67.5 Å². The zero-order chi connectivity index (χ0) is 77.6. The number of aliphatic carboxylic acids is 1. The summed E-state index contributed by atoms with van der Waals surface area (Å²) in [7, 11) is -4.17. The fourth-order valence-corrected chi connectivity index (χ4v) is 13.4. The minimum Gasteiger partial charge on any atom is -0.480 e. The normalized spacial score (nSPS) is 16.1. The summed E-state index contributed by atoms with van der Waals surface area (Å²) in [5.41, 5.74) is 2.47. The van der Waals surface area contributed by atoms with E-state index >= 15 is 9.59 Å². The summed E-state index contributed by atoms with van der Waals surface area (Å²) in [4.78, 5) is 160. The highest BCUT2D eigenvalue weighted by atomic mass is 35.5. The number of aromatic nitrogens is 1. The smallest absolute Gasteiger partial charge is 0.331 e. The lowest BCUT2D eigenvalue weighted by molar-refractivity contribution is -0.146. The summed E-state index contributed by atoms with van der Waals surface area (Å²) < 4.78 is 50.2. The number of nitrogens with one attached hydrogen (secondary N) is 10. The molecule has 7 unspecified atom stereocenters. The summed E-state index contributed by atoms with van der Waals surface area (Å²) in [6.45, 7) is 2.80. The number of rotatable bonds is 36. The van der Waals surface area contributed by atoms with Gasteiger partial charge >= 0.3 is 18.0 Å². The van der Waals surface area contributed by atoms with E-state index in [-0.39, 0.29) is 37.1 Å². The van der Waals surface area contributed by atoms with Crippen LogP contribution in [0.3, 0.4) is 0 Å². The molecule has 12 amide bonds. The summed E-state index contributed by atoms with van der Waals surface area (Å²) in [5.74, 6) is -9.95. The van der Waals surface area contributed by atoms with Gasteiger partial charge in [-0.05, 0) is 110 Å². The number of carboxylic acid groups (broad SMARTS) is 1. The summed E-state index contributed by atoms with van der Waals surface area (Å²) in [6.07, 6.45) is -0.0586. The van der Waals surface area contributed by atoms with Gasteiger partial charge in [-0.2, -0.15) is 0 Å². The average Bonchev–Trinajstić information content (AvgIpc) is 1.80. The molecular weight excluding hydrogens is 1470 g/mol. The lowest BCUT2D eigenvalue weighted by Gasteiger charge is -2.33. The minimum atomic E-state index is -3.89. The Morgan fingerprint density at radius 2 is 1.24 bits per heavy atom. The second kappa shape index (κ2) is 39.3. The zero-order valence-corrected chi connectivity index (χ0v) is 62.5. The summed E-state index contributed by atoms with van der Waals surface area (Å²) in [6, 6.07) is 11.2. The Morgan fingerprint density at radius 3 is 1.84 bits per heavy atom. The topological polar surface area (TPSA) is 451 Å². The van der Waals surface area contributed by atoms with Crippen molar-refractivity contribution in [3.63, 3.8) is 0 Å². The van der Waals surface area contributed by atoms with Crippen molar-refractivity contribution in [2.45, 2.75) is 138 Å². The molecule has 4 aromatic carbocycles. The first-order valence-corrected chi connectivity index (χ1v) is 38.5. The van der Waals surface area contributed by atoms with Gasteiger partial charge in [0.15, 0.2) is 0 Å². The molecule has 0 bridgehead atoms. The highest BCUT2D eigenvalue weighted by Gasteiger charge is 2.39. The maximum absolute atomic E-state index is 15.4. The van der Waals surface area contributed by atoms with Gasteiger partial charge in [0.2, 0.25) is 47.3 Å². The van der Waals surface area contributed by atoms with E-state index in [4.69, 9.17) is 34.8 Å². The number of likely N-dealkylation sites (N-methyl/N-ethyl adjacent to an activating group) is 3. The van der Waals surface area contributed by atoms with Crippen LogP contribution >= 0.6 is 34.8 Å². The number of amides is 12. The number of imide groups is 2. The molecule has 570 valence electrons. The molecule has 13 N–H and O–H groups in total. The maximum atomic E-state index is 15.4. The predicted octanol–water partition coefficient (Wildman–Crippen LogP) is 1.64. The van der Waals surface area contributed by atoms with E-state index < -0.39 is 176 Å². The molecule has 105 heavy (non-hydrogen) atoms. The molecule has 5 aromatic rings. The van der Waals surface area contributed by atoms with E-state index in [1.54, 1.807) is 85.1 Å². The molecule has 0 saturated carbocycles. The van der Waals surface area contributed by atoms with Crippen LogP contribution in [0.25, 0.3) is 10.9 Å². The van der Waals surface area contributed by atoms with E-state index in [1.807, 2.05) is 5.32 Å². The van der Waals surface area contributed by atoms with Crippen molar-refractivity contribution in [3.05, 3.63) is 153 Å². The van der Waals surface area contributed by atoms with Crippen LogP contribution in [0.2, 0.25) is 15.1 Å². The lowest BCUT2D eigenvalue weighted by Crippen LogP contribution is -2.62. The fourth-order valence-electron chi connectivity index (χ4n) is 11.5. The standard InChI is InChI=1S/C69H88Cl3N13O18S2/c1-39(75-57(87)21-12-22-58(88)85-29-13-20-54(85)67(96)97)60(89)80-56(28-31-105(7,102)103)76-50(27-30-104(6,100)101)65(94)84(5)69(99)82-68(98)79-52(37-44-38-74-49-19-9-8-18-48(44)49)62(91)78-53(35-43-15-11-17-47(72)33-43)66(95)83(4)55(36-41-23-25-45(70)26-24-41)63(92)81-59(40(2)86)64(93)77-51(61(90)73-3)34-42-14-10-16-46(71)32-42/h8-12,14-19,21,23-26,32-33,38-40,50-56,58-59,74,76,86,88H,13,20,22,27-31,34-37H2,1-7H3,(H,73,90)(H,75,87)(H,77,93)(H,78,91)(H,80,89)(H,81,92)(H,96,97)(H2,79,82,98,99)/t39?,40-,50?,51+,52+,53?,54+,55?,56?,58?,59?/m1/s1. The van der Waals surface area contributed by atoms with Gasteiger partial charge in [-0.1, -0.05) is 95.5 Å². The molecule has 1 aliphatic rings. The van der Waals surface area contributed by atoms with Crippen molar-refractivity contribution in [2.24, 2.45) is 0 Å². The summed E-state index contributed by atoms with van der Waals surface area (Å²) >= 11 is 18.9. The van der Waals surface area contributed by atoms with Crippen molar-refractivity contribution >= 4 is 131 Å². The van der Waals surface area contributed by atoms with Gasteiger partial charge < -0.3 is 62.4 Å². The number of aliphatic hydroxyl groups excluding tert-OH is 2. The number of benzene rings is 4. The Bertz CT molecular complexity index is 4230. The van der Waals surface area contributed by atoms with Crippen LogP contribution in [0.4, 0.5) is 9.59 Å². The van der Waals surface area contributed by atoms with Gasteiger partial charge in [0, 0.05) is 104 Å². The molecule has 0 radical (unpaired) electrons. The van der Waals surface area contributed by atoms with Gasteiger partial charge in [0.05, 0.1) is 29.8 Å². The van der Waals surface area contributed by atoms with Crippen LogP contribution in [0.5, 0.6) is 0 Å². The Balaban J connectivity index is 1.25. The number of carboxylic acids is 1. The number of likely N-dealkylation sites (tertiary alicyclic amines) is 1. The number of aliphatic hydroxyl groups is 2. The monoisotopic (exact) mass is 1560 g/mol. The number of hydrogen-bond donors (Lipinski definition) is 13. The quantitative estimate of drug-likeness (QED) is 0.0200. The number of carbonyl (C=O) groups is 11. The van der Waals surface area contributed by atoms with E-state index in [0.717, 1.165) is 30.5 Å². The number of sulfone groups is 2. The number of aromatic amines is 1. The third-order valence-electron chi connectivity index (χ3n) is 17.2. The van der Waals surface area contributed by atoms with Crippen molar-refractivity contribution in [1.29, 1.82) is 0 Å². The van der Waals surface area contributed by atoms with Crippen LogP contribution in [0.15, 0.2) is 115 Å². The molecule has 1 aliphatic heterocycles. The molecule has 1 fully saturated rings. The molecule has 6 rings (SSSR count). The Labute approximate surface area is 622 Å². The molecule has 1 saturated heterocycles. The van der Waals surface area contributed by atoms with Crippen molar-refractivity contribution < 1.29 is 84.9 Å². The molecule has 11 atom stereocenters. The molecule has 1 aromatic heterocycles. The van der Waals surface area contributed by atoms with Crippen LogP contribution in [-0.4, -0.2) is 236 Å². The first kappa shape index (κ1) is 84.9. The Hall–Kier alpha value is -9.06. The summed E-state index contributed by atoms with van der Waals surface area (Å²) in [5, 5.41) is 55.1. The maximum Gasteiger partial charge on any atom is 0.331 e. The molecule has 0 aliphatic carbocycles. The van der Waals surface area contributed by atoms with Crippen LogP contribution in [-0.2, 0) is 88.5 Å². The second-order valence-corrected chi connectivity index (χ2v) is 31.4. The number of hydrogen-bond acceptors (Lipinski definition) is 19. The number of H-pyrrole nitrogens is 1. The van der Waals surface area contributed by atoms with Gasteiger partial charge in [0.1, 0.15) is 68.2 Å². The molecule has 31 nitrogen and oxygen atoms in total. The number of urea groups is 2. The van der Waals surface area contributed by atoms with Crippen molar-refractivity contribution in [2.75, 3.05) is 51.7 Å². The van der Waals surface area contributed by atoms with Crippen LogP contribution < -0.4 is 47.9 Å². The van der Waals surface area contributed by atoms with Gasteiger partial charge in [0.25, 0.3) is 0 Å². The molecular formula is C69H88Cl3N13O18S2. The van der Waals surface area contributed by atoms with Gasteiger partial charge in [-0.15, -0.1) is 0 Å². The predicted molar refractivity (Wildman–Crippen MR) is 391 cm³/mol. The fraction of sp³-hybridized carbons (Fsp3) is 0.435. The Kier molecular flexibility index (Phi) is 31.8. The van der Waals surface area contributed by atoms with E-state index in [9.17, 15) is 75.3 Å². The van der Waals surface area contributed by atoms with E-state index in [1.165, 1.54) is 57.1 Å². The minimum absolute atomic E-state index is 0.0499. The third-order valence-corrected chi connectivity index (χ3v) is 19.8. The largest absolute Gasteiger partial charge is 0.480 e. The molecule has 2 heterocycles. The second-order valence-electron chi connectivity index (χ2n) is 25.5. The highest BCUT2D eigenvalue weighted by molar-refractivity contribution is 7.90. The highest BCUT2D eigenvalue weighted by Crippen LogP contribution is 2.24. The number of para-hydroxylation sites is 1. The van der Waals surface area contributed by atoms with Crippen molar-refractivity contribution in [3.8, 4) is 0 Å². The third kappa shape index (κ3) is 26.8. The lowest BCUT2D eigenvalue weighted by atomic mass is 9.99. The van der Waals surface area contributed by atoms with Gasteiger partial charge in [-0.3, -0.25) is 63.6 Å². The number of fused-ring (bicyclic) bond motifs is 1.